The number of nitrogens with zero attached hydrogens (tertiary/aromatic N) is 6. The first-order valence-corrected chi connectivity index (χ1v) is 11.8. The Bertz CT molecular complexity index is 1480. The molecule has 0 atom stereocenters. The summed E-state index contributed by atoms with van der Waals surface area (Å²) in [7, 11) is 0. The molecule has 4 aromatic heterocycles. The Morgan fingerprint density at radius 2 is 1.89 bits per heavy atom. The number of amides is 1. The van der Waals surface area contributed by atoms with Gasteiger partial charge in [-0.1, -0.05) is 30.3 Å². The molecule has 174 valence electrons. The second kappa shape index (κ2) is 8.79. The predicted octanol–water partition coefficient (Wildman–Crippen LogP) is 4.18. The Balaban J connectivity index is 1.27. The highest BCUT2D eigenvalue weighted by Crippen LogP contribution is 2.40. The van der Waals surface area contributed by atoms with Crippen LogP contribution in [0.3, 0.4) is 0 Å². The molecule has 8 nitrogen and oxygen atoms in total. The van der Waals surface area contributed by atoms with Crippen LogP contribution in [0.1, 0.15) is 51.6 Å². The van der Waals surface area contributed by atoms with Gasteiger partial charge in [0.05, 0.1) is 23.2 Å². The molecule has 0 spiro atoms. The first-order chi connectivity index (χ1) is 17.2. The molecule has 1 aliphatic rings. The number of rotatable bonds is 7. The largest absolute Gasteiger partial charge is 0.348 e. The highest BCUT2D eigenvalue weighted by atomic mass is 16.1. The highest BCUT2D eigenvalue weighted by molar-refractivity contribution is 6.06. The van der Waals surface area contributed by atoms with Gasteiger partial charge < -0.3 is 5.32 Å². The molecule has 1 amide bonds. The molecule has 1 aliphatic carbocycles. The topological polar surface area (TPSA) is 90.5 Å². The van der Waals surface area contributed by atoms with Crippen LogP contribution in [0, 0.1) is 6.92 Å². The van der Waals surface area contributed by atoms with E-state index in [-0.39, 0.29) is 5.91 Å². The second-order valence-corrected chi connectivity index (χ2v) is 8.96. The van der Waals surface area contributed by atoms with Crippen LogP contribution in [0.15, 0.2) is 73.2 Å². The van der Waals surface area contributed by atoms with Crippen molar-refractivity contribution in [1.29, 1.82) is 0 Å². The van der Waals surface area contributed by atoms with E-state index in [4.69, 9.17) is 4.98 Å². The molecule has 6 rings (SSSR count). The van der Waals surface area contributed by atoms with Crippen molar-refractivity contribution in [1.82, 2.24) is 34.8 Å². The smallest absolute Gasteiger partial charge is 0.252 e. The number of aromatic nitrogens is 6. The first-order valence-electron chi connectivity index (χ1n) is 11.8. The Kier molecular flexibility index (Phi) is 5.33. The molecule has 0 bridgehead atoms. The number of nitrogens with one attached hydrogen (secondary N) is 1. The maximum absolute atomic E-state index is 13.4. The minimum atomic E-state index is -0.122. The molecule has 1 fully saturated rings. The number of benzene rings is 1. The van der Waals surface area contributed by atoms with Gasteiger partial charge in [0, 0.05) is 36.7 Å². The van der Waals surface area contributed by atoms with E-state index in [0.717, 1.165) is 47.3 Å². The summed E-state index contributed by atoms with van der Waals surface area (Å²) >= 11 is 0. The van der Waals surface area contributed by atoms with Gasteiger partial charge in [-0.25, -0.2) is 9.97 Å². The maximum atomic E-state index is 13.4. The molecule has 8 heteroatoms. The summed E-state index contributed by atoms with van der Waals surface area (Å²) in [5.74, 6) is 0.969. The first kappa shape index (κ1) is 21.2. The summed E-state index contributed by atoms with van der Waals surface area (Å²) in [5.41, 5.74) is 5.20. The van der Waals surface area contributed by atoms with Crippen LogP contribution in [-0.2, 0) is 13.1 Å². The Morgan fingerprint density at radius 3 is 2.60 bits per heavy atom. The third kappa shape index (κ3) is 4.30. The van der Waals surface area contributed by atoms with Crippen molar-refractivity contribution in [3.05, 3.63) is 101 Å². The normalized spacial score (nSPS) is 13.3. The molecule has 0 unspecified atom stereocenters. The molecule has 5 aromatic rings. The van der Waals surface area contributed by atoms with Crippen LogP contribution in [0.5, 0.6) is 0 Å². The third-order valence-electron chi connectivity index (χ3n) is 6.32. The molecule has 1 N–H and O–H groups in total. The van der Waals surface area contributed by atoms with Crippen molar-refractivity contribution in [2.75, 3.05) is 0 Å². The van der Waals surface area contributed by atoms with Gasteiger partial charge in [0.15, 0.2) is 11.5 Å². The van der Waals surface area contributed by atoms with E-state index in [1.807, 2.05) is 60.3 Å². The summed E-state index contributed by atoms with van der Waals surface area (Å²) in [6.07, 6.45) is 7.65. The average Bonchev–Trinajstić information content (AvgIpc) is 3.52. The van der Waals surface area contributed by atoms with E-state index in [0.29, 0.717) is 29.5 Å². The van der Waals surface area contributed by atoms with Crippen LogP contribution in [0.2, 0.25) is 0 Å². The van der Waals surface area contributed by atoms with Crippen molar-refractivity contribution in [3.8, 4) is 5.82 Å². The van der Waals surface area contributed by atoms with Crippen molar-refractivity contribution >= 4 is 16.9 Å². The van der Waals surface area contributed by atoms with E-state index in [1.165, 1.54) is 0 Å². The molecular formula is C27H25N7O. The van der Waals surface area contributed by atoms with Crippen LogP contribution in [-0.4, -0.2) is 35.4 Å². The lowest BCUT2D eigenvalue weighted by molar-refractivity contribution is 0.0952. The van der Waals surface area contributed by atoms with Crippen LogP contribution >= 0.6 is 0 Å². The van der Waals surface area contributed by atoms with Gasteiger partial charge in [-0.3, -0.25) is 9.48 Å². The zero-order valence-electron chi connectivity index (χ0n) is 19.4. The fraction of sp³-hybridized carbons (Fsp3) is 0.222. The zero-order chi connectivity index (χ0) is 23.8. The van der Waals surface area contributed by atoms with Gasteiger partial charge in [0.1, 0.15) is 0 Å². The van der Waals surface area contributed by atoms with Crippen LogP contribution in [0.25, 0.3) is 16.9 Å². The number of carbonyl (C=O) groups is 1. The Morgan fingerprint density at radius 1 is 1.06 bits per heavy atom. The van der Waals surface area contributed by atoms with E-state index in [1.54, 1.807) is 17.1 Å². The van der Waals surface area contributed by atoms with Crippen molar-refractivity contribution in [3.63, 3.8) is 0 Å². The van der Waals surface area contributed by atoms with E-state index in [2.05, 4.69) is 32.6 Å². The minimum Gasteiger partial charge on any atom is -0.348 e. The molecule has 4 heterocycles. The standard InChI is InChI=1S/C27H25N7O/c1-18-25-22(27(35)29-16-19-6-8-20(9-7-19)17-33-14-4-13-30-33)15-23(21-10-11-21)31-26(25)34(32-18)24-5-2-3-12-28-24/h2-9,12-15,21H,10-11,16-17H2,1H3,(H,29,35). The van der Waals surface area contributed by atoms with Gasteiger partial charge in [-0.05, 0) is 55.2 Å². The van der Waals surface area contributed by atoms with E-state index >= 15 is 0 Å². The predicted molar refractivity (Wildman–Crippen MR) is 132 cm³/mol. The lowest BCUT2D eigenvalue weighted by Gasteiger charge is -2.10. The van der Waals surface area contributed by atoms with Crippen molar-refractivity contribution < 1.29 is 4.79 Å². The average molecular weight is 464 g/mol. The monoisotopic (exact) mass is 463 g/mol. The maximum Gasteiger partial charge on any atom is 0.252 e. The number of aryl methyl sites for hydroxylation is 1. The van der Waals surface area contributed by atoms with Crippen molar-refractivity contribution in [2.24, 2.45) is 0 Å². The molecule has 0 aliphatic heterocycles. The number of pyridine rings is 2. The van der Waals surface area contributed by atoms with Gasteiger partial charge in [0.2, 0.25) is 0 Å². The SMILES string of the molecule is Cc1nn(-c2ccccn2)c2nc(C3CC3)cc(C(=O)NCc3ccc(Cn4cccn4)cc3)c12. The molecular weight excluding hydrogens is 438 g/mol. The summed E-state index contributed by atoms with van der Waals surface area (Å²) in [6.45, 7) is 3.07. The lowest BCUT2D eigenvalue weighted by atomic mass is 10.1. The van der Waals surface area contributed by atoms with Crippen LogP contribution in [0.4, 0.5) is 0 Å². The Labute approximate surface area is 202 Å². The summed E-state index contributed by atoms with van der Waals surface area (Å²) in [4.78, 5) is 22.7. The van der Waals surface area contributed by atoms with E-state index in [9.17, 15) is 4.79 Å². The number of carbonyl (C=O) groups excluding carboxylic acids is 1. The third-order valence-corrected chi connectivity index (χ3v) is 6.32. The van der Waals surface area contributed by atoms with Gasteiger partial charge in [0.25, 0.3) is 5.91 Å². The van der Waals surface area contributed by atoms with Gasteiger partial charge in [-0.15, -0.1) is 0 Å². The second-order valence-electron chi connectivity index (χ2n) is 8.96. The zero-order valence-corrected chi connectivity index (χ0v) is 19.4. The fourth-order valence-electron chi connectivity index (χ4n) is 4.34. The summed E-state index contributed by atoms with van der Waals surface area (Å²) in [5, 5.41) is 12.8. The number of hydrogen-bond acceptors (Lipinski definition) is 5. The molecule has 1 saturated carbocycles. The minimum absolute atomic E-state index is 0.122. The lowest BCUT2D eigenvalue weighted by Crippen LogP contribution is -2.23. The highest BCUT2D eigenvalue weighted by Gasteiger charge is 2.29. The number of hydrogen-bond donors (Lipinski definition) is 1. The summed E-state index contributed by atoms with van der Waals surface area (Å²) < 4.78 is 3.63. The van der Waals surface area contributed by atoms with E-state index < -0.39 is 0 Å². The van der Waals surface area contributed by atoms with Gasteiger partial charge in [-0.2, -0.15) is 14.9 Å². The molecule has 35 heavy (non-hydrogen) atoms. The fourth-order valence-corrected chi connectivity index (χ4v) is 4.34. The molecule has 0 radical (unpaired) electrons. The molecule has 0 saturated heterocycles. The Hall–Kier alpha value is -4.33. The van der Waals surface area contributed by atoms with Crippen LogP contribution < -0.4 is 5.32 Å². The summed E-state index contributed by atoms with van der Waals surface area (Å²) in [6, 6.07) is 17.8. The number of fused-ring (bicyclic) bond motifs is 1. The van der Waals surface area contributed by atoms with Crippen molar-refractivity contribution in [2.45, 2.75) is 38.8 Å². The molecule has 1 aromatic carbocycles. The van der Waals surface area contributed by atoms with Gasteiger partial charge >= 0.3 is 0 Å². The quantitative estimate of drug-likeness (QED) is 0.391.